The van der Waals surface area contributed by atoms with Gasteiger partial charge in [-0.3, -0.25) is 0 Å². The maximum Gasteiger partial charge on any atom is 0.318 e. The van der Waals surface area contributed by atoms with E-state index in [0.29, 0.717) is 12.5 Å². The second kappa shape index (κ2) is 7.62. The van der Waals surface area contributed by atoms with Crippen LogP contribution in [-0.2, 0) is 0 Å². The van der Waals surface area contributed by atoms with E-state index >= 15 is 0 Å². The molecule has 2 heterocycles. The first-order valence-corrected chi connectivity index (χ1v) is 9.41. The summed E-state index contributed by atoms with van der Waals surface area (Å²) in [5.41, 5.74) is 0.582. The topological polar surface area (TPSA) is 65.5 Å². The van der Waals surface area contributed by atoms with Crippen LogP contribution in [0.4, 0.5) is 4.79 Å². The molecular weight excluding hydrogens is 310 g/mol. The number of thiazole rings is 1. The van der Waals surface area contributed by atoms with Crippen molar-refractivity contribution in [3.8, 4) is 0 Å². The summed E-state index contributed by atoms with van der Waals surface area (Å²) in [6.07, 6.45) is 3.48. The van der Waals surface area contributed by atoms with Gasteiger partial charge in [-0.05, 0) is 38.5 Å². The first-order valence-electron chi connectivity index (χ1n) is 8.53. The van der Waals surface area contributed by atoms with E-state index in [2.05, 4.69) is 31.1 Å². The van der Waals surface area contributed by atoms with Crippen molar-refractivity contribution in [2.75, 3.05) is 13.2 Å². The summed E-state index contributed by atoms with van der Waals surface area (Å²) in [4.78, 5) is 19.2. The fraction of sp³-hybridized carbons (Fsp3) is 0.765. The quantitative estimate of drug-likeness (QED) is 0.834. The lowest BCUT2D eigenvalue weighted by Gasteiger charge is -2.39. The molecule has 130 valence electrons. The Labute approximate surface area is 143 Å². The number of amides is 2. The minimum absolute atomic E-state index is 0.0335. The number of hydrogen-bond donors (Lipinski definition) is 2. The highest BCUT2D eigenvalue weighted by Gasteiger charge is 2.43. The van der Waals surface area contributed by atoms with Crippen molar-refractivity contribution in [1.82, 2.24) is 15.2 Å². The number of aromatic nitrogens is 1. The largest absolute Gasteiger partial charge is 0.394 e. The smallest absolute Gasteiger partial charge is 0.318 e. The lowest BCUT2D eigenvalue weighted by molar-refractivity contribution is 0.0664. The standard InChI is InChI=1S/C17H29N3O2S/c1-5-14(15-18-13(4)10-23-15)19-16(22)20-8-6-7-17(20,11-21)9-12(2)3/h10,12,14,21H,5-9,11H2,1-4H3,(H,19,22)/t14-,17+/m1/s1. The van der Waals surface area contributed by atoms with Gasteiger partial charge in [0.25, 0.3) is 0 Å². The molecular formula is C17H29N3O2S. The van der Waals surface area contributed by atoms with Crippen LogP contribution < -0.4 is 5.32 Å². The van der Waals surface area contributed by atoms with Gasteiger partial charge in [-0.25, -0.2) is 9.78 Å². The van der Waals surface area contributed by atoms with E-state index < -0.39 is 5.54 Å². The molecule has 2 rings (SSSR count). The monoisotopic (exact) mass is 339 g/mol. The molecule has 23 heavy (non-hydrogen) atoms. The zero-order chi connectivity index (χ0) is 17.0. The van der Waals surface area contributed by atoms with Gasteiger partial charge < -0.3 is 15.3 Å². The van der Waals surface area contributed by atoms with E-state index in [1.54, 1.807) is 11.3 Å². The molecule has 6 heteroatoms. The van der Waals surface area contributed by atoms with Gasteiger partial charge in [0.05, 0.1) is 18.2 Å². The van der Waals surface area contributed by atoms with E-state index in [4.69, 9.17) is 0 Å². The molecule has 2 N–H and O–H groups in total. The maximum absolute atomic E-state index is 12.8. The molecule has 5 nitrogen and oxygen atoms in total. The van der Waals surface area contributed by atoms with Crippen molar-refractivity contribution in [3.05, 3.63) is 16.1 Å². The SMILES string of the molecule is CC[C@@H](NC(=O)N1CCC[C@@]1(CO)CC(C)C)c1nc(C)cs1. The summed E-state index contributed by atoms with van der Waals surface area (Å²) < 4.78 is 0. The number of aliphatic hydroxyl groups is 1. The third kappa shape index (κ3) is 4.04. The first-order chi connectivity index (χ1) is 10.9. The van der Waals surface area contributed by atoms with Gasteiger partial charge in [0.2, 0.25) is 0 Å². The van der Waals surface area contributed by atoms with Crippen molar-refractivity contribution in [2.24, 2.45) is 5.92 Å². The van der Waals surface area contributed by atoms with Crippen molar-refractivity contribution >= 4 is 17.4 Å². The zero-order valence-corrected chi connectivity index (χ0v) is 15.4. The van der Waals surface area contributed by atoms with E-state index in [9.17, 15) is 9.90 Å². The van der Waals surface area contributed by atoms with Crippen molar-refractivity contribution in [2.45, 2.75) is 65.0 Å². The number of aliphatic hydroxyl groups excluding tert-OH is 1. The van der Waals surface area contributed by atoms with E-state index in [1.165, 1.54) is 0 Å². The number of likely N-dealkylation sites (tertiary alicyclic amines) is 1. The Morgan fingerprint density at radius 1 is 1.57 bits per heavy atom. The molecule has 0 unspecified atom stereocenters. The zero-order valence-electron chi connectivity index (χ0n) is 14.6. The number of carbonyl (C=O) groups excluding carboxylic acids is 1. The summed E-state index contributed by atoms with van der Waals surface area (Å²) >= 11 is 1.59. The van der Waals surface area contributed by atoms with Gasteiger partial charge in [-0.15, -0.1) is 11.3 Å². The third-order valence-corrected chi connectivity index (χ3v) is 5.64. The summed E-state index contributed by atoms with van der Waals surface area (Å²) in [5.74, 6) is 0.444. The molecule has 0 saturated carbocycles. The number of rotatable bonds is 6. The average Bonchev–Trinajstić information content (AvgIpc) is 3.11. The maximum atomic E-state index is 12.8. The number of nitrogens with zero attached hydrogens (tertiary/aromatic N) is 2. The van der Waals surface area contributed by atoms with Crippen molar-refractivity contribution < 1.29 is 9.90 Å². The minimum atomic E-state index is -0.407. The normalized spacial score (nSPS) is 22.6. The van der Waals surface area contributed by atoms with Gasteiger partial charge in [-0.1, -0.05) is 20.8 Å². The summed E-state index contributed by atoms with van der Waals surface area (Å²) in [7, 11) is 0. The summed E-state index contributed by atoms with van der Waals surface area (Å²) in [6.45, 7) is 9.05. The molecule has 0 bridgehead atoms. The van der Waals surface area contributed by atoms with Gasteiger partial charge in [0, 0.05) is 17.6 Å². The molecule has 1 aliphatic rings. The molecule has 2 atom stereocenters. The predicted molar refractivity (Wildman–Crippen MR) is 93.6 cm³/mol. The molecule has 1 saturated heterocycles. The van der Waals surface area contributed by atoms with Crippen LogP contribution >= 0.6 is 11.3 Å². The molecule has 0 aromatic carbocycles. The van der Waals surface area contributed by atoms with Crippen LogP contribution in [0.3, 0.4) is 0 Å². The van der Waals surface area contributed by atoms with E-state index in [1.807, 2.05) is 17.2 Å². The number of carbonyl (C=O) groups is 1. The van der Waals surface area contributed by atoms with Crippen LogP contribution in [0.2, 0.25) is 0 Å². The van der Waals surface area contributed by atoms with Crippen LogP contribution in [0.5, 0.6) is 0 Å². The van der Waals surface area contributed by atoms with E-state index in [0.717, 1.165) is 36.4 Å². The summed E-state index contributed by atoms with van der Waals surface area (Å²) in [6, 6.07) is -0.130. The molecule has 1 aliphatic heterocycles. The number of nitrogens with one attached hydrogen (secondary N) is 1. The lowest BCUT2D eigenvalue weighted by Crippen LogP contribution is -2.54. The fourth-order valence-electron chi connectivity index (χ4n) is 3.55. The number of urea groups is 1. The Hall–Kier alpha value is -1.14. The van der Waals surface area contributed by atoms with Gasteiger partial charge >= 0.3 is 6.03 Å². The van der Waals surface area contributed by atoms with Crippen LogP contribution in [0.1, 0.15) is 63.2 Å². The Bertz CT molecular complexity index is 532. The molecule has 1 fully saturated rings. The fourth-order valence-corrected chi connectivity index (χ4v) is 4.48. The molecule has 0 aliphatic carbocycles. The number of hydrogen-bond acceptors (Lipinski definition) is 4. The third-order valence-electron chi connectivity index (χ3n) is 4.56. The summed E-state index contributed by atoms with van der Waals surface area (Å²) in [5, 5.41) is 16.1. The first kappa shape index (κ1) is 18.2. The Morgan fingerprint density at radius 2 is 2.30 bits per heavy atom. The van der Waals surface area contributed by atoms with Crippen LogP contribution in [0, 0.1) is 12.8 Å². The highest BCUT2D eigenvalue weighted by Crippen LogP contribution is 2.35. The Balaban J connectivity index is 2.11. The second-order valence-corrected chi connectivity index (χ2v) is 7.86. The molecule has 0 radical (unpaired) electrons. The lowest BCUT2D eigenvalue weighted by atomic mass is 9.87. The molecule has 1 aromatic rings. The van der Waals surface area contributed by atoms with Crippen molar-refractivity contribution in [1.29, 1.82) is 0 Å². The molecule has 1 aromatic heterocycles. The van der Waals surface area contributed by atoms with E-state index in [-0.39, 0.29) is 18.7 Å². The van der Waals surface area contributed by atoms with Gasteiger partial charge in [-0.2, -0.15) is 0 Å². The second-order valence-electron chi connectivity index (χ2n) is 6.97. The predicted octanol–water partition coefficient (Wildman–Crippen LogP) is 3.49. The highest BCUT2D eigenvalue weighted by molar-refractivity contribution is 7.09. The van der Waals surface area contributed by atoms with Crippen LogP contribution in [-0.4, -0.2) is 39.7 Å². The number of aryl methyl sites for hydroxylation is 1. The van der Waals surface area contributed by atoms with Gasteiger partial charge in [0.1, 0.15) is 5.01 Å². The minimum Gasteiger partial charge on any atom is -0.394 e. The molecule has 2 amide bonds. The highest BCUT2D eigenvalue weighted by atomic mass is 32.1. The Kier molecular flexibility index (Phi) is 6.03. The van der Waals surface area contributed by atoms with Crippen LogP contribution in [0.15, 0.2) is 5.38 Å². The van der Waals surface area contributed by atoms with Gasteiger partial charge in [0.15, 0.2) is 0 Å². The molecule has 0 spiro atoms. The van der Waals surface area contributed by atoms with Crippen LogP contribution in [0.25, 0.3) is 0 Å². The van der Waals surface area contributed by atoms with Crippen molar-refractivity contribution in [3.63, 3.8) is 0 Å². The Morgan fingerprint density at radius 3 is 2.83 bits per heavy atom. The average molecular weight is 340 g/mol.